The number of amides is 2. The molecule has 0 aliphatic carbocycles. The van der Waals surface area contributed by atoms with Gasteiger partial charge in [0.1, 0.15) is 18.2 Å². The Labute approximate surface area is 321 Å². The molecule has 0 aromatic heterocycles. The van der Waals surface area contributed by atoms with Crippen LogP contribution in [0.5, 0.6) is 0 Å². The first-order valence-electron chi connectivity index (χ1n) is 18.3. The van der Waals surface area contributed by atoms with Gasteiger partial charge in [0.05, 0.1) is 24.1 Å². The molecule has 0 unspecified atom stereocenters. The van der Waals surface area contributed by atoms with Crippen LogP contribution in [0.2, 0.25) is 0 Å². The third kappa shape index (κ3) is 11.4. The number of hydrogen-bond acceptors (Lipinski definition) is 9. The van der Waals surface area contributed by atoms with Gasteiger partial charge in [0.15, 0.2) is 12.3 Å². The van der Waals surface area contributed by atoms with Gasteiger partial charge in [-0.15, -0.1) is 11.8 Å². The number of esters is 1. The molecule has 0 radical (unpaired) electrons. The molecule has 1 fully saturated rings. The lowest BCUT2D eigenvalue weighted by Crippen LogP contribution is -2.56. The van der Waals surface area contributed by atoms with Crippen LogP contribution in [0.15, 0.2) is 121 Å². The van der Waals surface area contributed by atoms with E-state index in [9.17, 15) is 19.5 Å². The van der Waals surface area contributed by atoms with Crippen molar-refractivity contribution < 1.29 is 38.4 Å². The van der Waals surface area contributed by atoms with Gasteiger partial charge in [-0.25, -0.2) is 9.59 Å². The molecule has 54 heavy (non-hydrogen) atoms. The number of ether oxygens (including phenoxy) is 4. The highest BCUT2D eigenvalue weighted by molar-refractivity contribution is 8.00. The fourth-order valence-electron chi connectivity index (χ4n) is 6.21. The monoisotopic (exact) mass is 754 g/mol. The molecule has 4 aromatic carbocycles. The summed E-state index contributed by atoms with van der Waals surface area (Å²) in [6, 6.07) is 36.9. The lowest BCUT2D eigenvalue weighted by Gasteiger charge is -2.36. The Balaban J connectivity index is 1.41. The molecule has 1 heterocycles. The summed E-state index contributed by atoms with van der Waals surface area (Å²) in [5.41, 5.74) is 3.05. The summed E-state index contributed by atoms with van der Waals surface area (Å²) in [5, 5.41) is 16.8. The van der Waals surface area contributed by atoms with E-state index in [1.54, 1.807) is 44.7 Å². The molecular formula is C43H50N2O8S. The number of nitrogens with one attached hydrogen (secondary N) is 2. The quantitative estimate of drug-likeness (QED) is 0.0841. The van der Waals surface area contributed by atoms with Crippen LogP contribution in [0.1, 0.15) is 62.3 Å². The van der Waals surface area contributed by atoms with E-state index < -0.39 is 52.8 Å². The SMILES string of the molecule is CC(C)(C)OC(=O)N[C@@H](CCSC(c1ccccc1)(c1ccccc1)c1ccccc1)C(=O)N[C@H](C(=O)OCc1ccccc1)[C@@H](O)CC1OCCCO1. The van der Waals surface area contributed by atoms with Gasteiger partial charge < -0.3 is 34.7 Å². The third-order valence-electron chi connectivity index (χ3n) is 8.76. The van der Waals surface area contributed by atoms with E-state index in [1.807, 2.05) is 72.8 Å². The summed E-state index contributed by atoms with van der Waals surface area (Å²) in [5.74, 6) is -1.13. The van der Waals surface area contributed by atoms with Gasteiger partial charge in [-0.2, -0.15) is 0 Å². The van der Waals surface area contributed by atoms with Crippen molar-refractivity contribution in [3.05, 3.63) is 144 Å². The predicted octanol–water partition coefficient (Wildman–Crippen LogP) is 6.74. The molecule has 1 aliphatic rings. The van der Waals surface area contributed by atoms with Crippen LogP contribution < -0.4 is 10.6 Å². The number of rotatable bonds is 16. The van der Waals surface area contributed by atoms with Crippen molar-refractivity contribution in [1.82, 2.24) is 10.6 Å². The third-order valence-corrected chi connectivity index (χ3v) is 10.3. The summed E-state index contributed by atoms with van der Waals surface area (Å²) < 4.78 is 21.7. The highest BCUT2D eigenvalue weighted by Crippen LogP contribution is 2.48. The van der Waals surface area contributed by atoms with Crippen LogP contribution >= 0.6 is 11.8 Å². The minimum Gasteiger partial charge on any atom is -0.459 e. The molecular weight excluding hydrogens is 705 g/mol. The van der Waals surface area contributed by atoms with Crippen LogP contribution in [0.4, 0.5) is 4.79 Å². The van der Waals surface area contributed by atoms with Gasteiger partial charge in [-0.1, -0.05) is 121 Å². The van der Waals surface area contributed by atoms with Gasteiger partial charge in [0.25, 0.3) is 0 Å². The topological polar surface area (TPSA) is 132 Å². The first kappa shape index (κ1) is 40.5. The smallest absolute Gasteiger partial charge is 0.408 e. The Kier molecular flexibility index (Phi) is 14.7. The minimum absolute atomic E-state index is 0.0635. The van der Waals surface area contributed by atoms with E-state index >= 15 is 0 Å². The molecule has 286 valence electrons. The molecule has 2 amide bonds. The number of thioether (sulfide) groups is 1. The van der Waals surface area contributed by atoms with Crippen LogP contribution in [-0.4, -0.2) is 72.1 Å². The number of aliphatic hydroxyl groups excluding tert-OH is 1. The first-order chi connectivity index (χ1) is 26.0. The van der Waals surface area contributed by atoms with E-state index in [4.69, 9.17) is 18.9 Å². The fourth-order valence-corrected chi connectivity index (χ4v) is 7.78. The summed E-state index contributed by atoms with van der Waals surface area (Å²) in [7, 11) is 0. The Morgan fingerprint density at radius 1 is 0.778 bits per heavy atom. The zero-order chi connectivity index (χ0) is 38.4. The lowest BCUT2D eigenvalue weighted by molar-refractivity contribution is -0.194. The van der Waals surface area contributed by atoms with Gasteiger partial charge in [-0.05, 0) is 61.6 Å². The Bertz CT molecular complexity index is 1650. The first-order valence-corrected chi connectivity index (χ1v) is 19.3. The second-order valence-corrected chi connectivity index (χ2v) is 15.3. The van der Waals surface area contributed by atoms with Crippen molar-refractivity contribution in [2.75, 3.05) is 19.0 Å². The number of alkyl carbamates (subject to hydrolysis) is 1. The molecule has 0 saturated carbocycles. The van der Waals surface area contributed by atoms with Crippen molar-refractivity contribution in [3.8, 4) is 0 Å². The van der Waals surface area contributed by atoms with E-state index in [2.05, 4.69) is 47.0 Å². The fraction of sp³-hybridized carbons (Fsp3) is 0.372. The molecule has 11 heteroatoms. The normalized spacial score (nSPS) is 15.3. The van der Waals surface area contributed by atoms with Gasteiger partial charge in [-0.3, -0.25) is 4.79 Å². The second kappa shape index (κ2) is 19.6. The van der Waals surface area contributed by atoms with Crippen molar-refractivity contribution >= 4 is 29.7 Å². The standard InChI is InChI=1S/C43H50N2O8S/c1-42(2,3)53-41(49)44-35(25-28-54-43(32-19-10-5-11-20-32,33-21-12-6-13-22-33)34-23-14-7-15-24-34)39(47)45-38(36(46)29-37-50-26-16-27-51-37)40(48)52-30-31-17-8-4-9-18-31/h4-15,17-24,35-38,46H,16,25-30H2,1-3H3,(H,44,49)(H,45,47)/t35-,36-,38-/m0/s1. The maximum Gasteiger partial charge on any atom is 0.408 e. The lowest BCUT2D eigenvalue weighted by atomic mass is 9.84. The zero-order valence-corrected chi connectivity index (χ0v) is 31.8. The molecule has 1 aliphatic heterocycles. The molecule has 5 rings (SSSR count). The van der Waals surface area contributed by atoms with Crippen molar-refractivity contribution in [1.29, 1.82) is 0 Å². The van der Waals surface area contributed by atoms with Crippen LogP contribution in [0.3, 0.4) is 0 Å². The predicted molar refractivity (Wildman–Crippen MR) is 209 cm³/mol. The second-order valence-electron chi connectivity index (χ2n) is 14.0. The van der Waals surface area contributed by atoms with Crippen LogP contribution in [0, 0.1) is 0 Å². The minimum atomic E-state index is -1.48. The highest BCUT2D eigenvalue weighted by Gasteiger charge is 2.39. The van der Waals surface area contributed by atoms with Crippen molar-refractivity contribution in [2.45, 2.75) is 81.5 Å². The summed E-state index contributed by atoms with van der Waals surface area (Å²) in [4.78, 5) is 41.0. The van der Waals surface area contributed by atoms with Crippen molar-refractivity contribution in [2.24, 2.45) is 0 Å². The van der Waals surface area contributed by atoms with Crippen molar-refractivity contribution in [3.63, 3.8) is 0 Å². The van der Waals surface area contributed by atoms with Gasteiger partial charge in [0, 0.05) is 6.42 Å². The Hall–Kier alpha value is -4.68. The number of aliphatic hydroxyl groups is 1. The molecule has 3 N–H and O–H groups in total. The van der Waals surface area contributed by atoms with Gasteiger partial charge in [0.2, 0.25) is 5.91 Å². The van der Waals surface area contributed by atoms with Gasteiger partial charge >= 0.3 is 12.1 Å². The average Bonchev–Trinajstić information content (AvgIpc) is 3.18. The summed E-state index contributed by atoms with van der Waals surface area (Å²) in [6.45, 7) is 6.03. The average molecular weight is 755 g/mol. The number of hydrogen-bond donors (Lipinski definition) is 3. The maximum absolute atomic E-state index is 14.2. The van der Waals surface area contributed by atoms with Crippen LogP contribution in [0.25, 0.3) is 0 Å². The Morgan fingerprint density at radius 2 is 1.28 bits per heavy atom. The number of carbonyl (C=O) groups is 3. The number of carbonyl (C=O) groups excluding carboxylic acids is 3. The largest absolute Gasteiger partial charge is 0.459 e. The molecule has 3 atom stereocenters. The van der Waals surface area contributed by atoms with E-state index in [0.29, 0.717) is 25.4 Å². The van der Waals surface area contributed by atoms with E-state index in [0.717, 1.165) is 22.3 Å². The Morgan fingerprint density at radius 3 is 1.78 bits per heavy atom. The highest BCUT2D eigenvalue weighted by atomic mass is 32.2. The molecule has 4 aromatic rings. The summed E-state index contributed by atoms with van der Waals surface area (Å²) in [6.07, 6.45) is -2.19. The zero-order valence-electron chi connectivity index (χ0n) is 31.0. The maximum atomic E-state index is 14.2. The molecule has 0 bridgehead atoms. The van der Waals surface area contributed by atoms with E-state index in [1.165, 1.54) is 0 Å². The van der Waals surface area contributed by atoms with Crippen LogP contribution in [-0.2, 0) is 39.9 Å². The summed E-state index contributed by atoms with van der Waals surface area (Å²) >= 11 is 1.63. The molecule has 10 nitrogen and oxygen atoms in total. The number of benzene rings is 4. The molecule has 0 spiro atoms. The molecule has 1 saturated heterocycles. The van der Waals surface area contributed by atoms with E-state index in [-0.39, 0.29) is 19.4 Å².